The summed E-state index contributed by atoms with van der Waals surface area (Å²) in [5.41, 5.74) is 3.35. The van der Waals surface area contributed by atoms with E-state index >= 15 is 0 Å². The summed E-state index contributed by atoms with van der Waals surface area (Å²) in [5.74, 6) is 1.38. The third kappa shape index (κ3) is 3.92. The Hall–Kier alpha value is -3.82. The predicted molar refractivity (Wildman–Crippen MR) is 125 cm³/mol. The minimum absolute atomic E-state index is 0.0348. The monoisotopic (exact) mass is 457 g/mol. The summed E-state index contributed by atoms with van der Waals surface area (Å²) < 4.78 is 14.2. The molecule has 2 heterocycles. The average molecular weight is 458 g/mol. The van der Waals surface area contributed by atoms with Gasteiger partial charge in [0.25, 0.3) is 5.69 Å². The van der Waals surface area contributed by atoms with Crippen molar-refractivity contribution in [3.63, 3.8) is 0 Å². The molecule has 0 N–H and O–H groups in total. The molecule has 0 saturated carbocycles. The van der Waals surface area contributed by atoms with Crippen LogP contribution in [0.4, 0.5) is 5.69 Å². The molecule has 1 unspecified atom stereocenters. The first kappa shape index (κ1) is 21.0. The molecule has 164 valence electrons. The van der Waals surface area contributed by atoms with Gasteiger partial charge in [-0.05, 0) is 34.9 Å². The lowest BCUT2D eigenvalue weighted by Crippen LogP contribution is -2.12. The van der Waals surface area contributed by atoms with E-state index in [2.05, 4.69) is 10.2 Å². The van der Waals surface area contributed by atoms with E-state index in [1.807, 2.05) is 41.0 Å². The summed E-state index contributed by atoms with van der Waals surface area (Å²) in [7, 11) is 0. The van der Waals surface area contributed by atoms with Crippen LogP contribution in [0.5, 0.6) is 0 Å². The Morgan fingerprint density at radius 2 is 1.76 bits per heavy atom. The Kier molecular flexibility index (Phi) is 5.49. The van der Waals surface area contributed by atoms with Gasteiger partial charge in [-0.3, -0.25) is 19.7 Å². The standard InChI is InChI=1S/C24H19N5O3S/c1-33(32)17-11-12-20-19(14-17)24(18-9-5-6-10-21(18)29(30)31)25-15-23-27-26-22(28(20)23)13-16-7-3-2-4-8-16/h2-12,14H,13,15H2,1H3. The number of nitro benzene ring substituents is 1. The molecule has 3 aromatic carbocycles. The van der Waals surface area contributed by atoms with Crippen molar-refractivity contribution in [3.05, 3.63) is 111 Å². The first-order valence-electron chi connectivity index (χ1n) is 10.3. The van der Waals surface area contributed by atoms with Gasteiger partial charge in [-0.2, -0.15) is 0 Å². The fourth-order valence-electron chi connectivity index (χ4n) is 4.00. The molecule has 1 aliphatic heterocycles. The number of nitrogens with zero attached hydrogens (tertiary/aromatic N) is 5. The van der Waals surface area contributed by atoms with Crippen molar-refractivity contribution in [2.75, 3.05) is 6.26 Å². The lowest BCUT2D eigenvalue weighted by Gasteiger charge is -2.15. The van der Waals surface area contributed by atoms with Crippen molar-refractivity contribution < 1.29 is 9.48 Å². The van der Waals surface area contributed by atoms with Crippen molar-refractivity contribution in [3.8, 4) is 5.69 Å². The van der Waals surface area contributed by atoms with Crippen LogP contribution >= 0.6 is 0 Å². The van der Waals surface area contributed by atoms with Crippen LogP contribution in [0.1, 0.15) is 28.3 Å². The fraction of sp³-hybridized carbons (Fsp3) is 0.125. The smallest absolute Gasteiger partial charge is 0.278 e. The van der Waals surface area contributed by atoms with Crippen LogP contribution in [0.25, 0.3) is 5.69 Å². The quantitative estimate of drug-likeness (QED) is 0.257. The maximum Gasteiger partial charge on any atom is 0.278 e. The number of nitro groups is 1. The van der Waals surface area contributed by atoms with Gasteiger partial charge in [0.15, 0.2) is 10.7 Å². The molecule has 0 fully saturated rings. The SMILES string of the molecule is C[S+]([O-])c1ccc2c(c1)C(c1ccccc1[N+](=O)[O-])=NCc1nnc(Cc3ccccc3)n1-2. The lowest BCUT2D eigenvalue weighted by atomic mass is 9.99. The Labute approximate surface area is 193 Å². The molecule has 0 bridgehead atoms. The van der Waals surface area contributed by atoms with Crippen LogP contribution in [0.3, 0.4) is 0 Å². The number of para-hydroxylation sites is 1. The van der Waals surface area contributed by atoms with Gasteiger partial charge in [0, 0.05) is 24.1 Å². The molecule has 0 saturated heterocycles. The van der Waals surface area contributed by atoms with Crippen LogP contribution in [0, 0.1) is 10.1 Å². The number of hydrogen-bond acceptors (Lipinski definition) is 6. The van der Waals surface area contributed by atoms with Gasteiger partial charge in [-0.1, -0.05) is 42.5 Å². The van der Waals surface area contributed by atoms with Crippen molar-refractivity contribution in [1.82, 2.24) is 14.8 Å². The second-order valence-corrected chi connectivity index (χ2v) is 8.98. The number of fused-ring (bicyclic) bond motifs is 3. The zero-order valence-electron chi connectivity index (χ0n) is 17.7. The van der Waals surface area contributed by atoms with Crippen LogP contribution in [0.2, 0.25) is 0 Å². The van der Waals surface area contributed by atoms with Crippen LogP contribution in [-0.4, -0.2) is 36.2 Å². The molecular formula is C24H19N5O3S. The first-order valence-corrected chi connectivity index (χ1v) is 11.8. The molecule has 0 amide bonds. The van der Waals surface area contributed by atoms with Crippen LogP contribution in [0.15, 0.2) is 82.7 Å². The maximum absolute atomic E-state index is 12.3. The van der Waals surface area contributed by atoms with Gasteiger partial charge in [0.2, 0.25) is 0 Å². The van der Waals surface area contributed by atoms with E-state index < -0.39 is 16.1 Å². The maximum atomic E-state index is 12.3. The Morgan fingerprint density at radius 3 is 2.52 bits per heavy atom. The summed E-state index contributed by atoms with van der Waals surface area (Å²) in [6, 6.07) is 21.9. The molecule has 5 rings (SSSR count). The van der Waals surface area contributed by atoms with Crippen molar-refractivity contribution >= 4 is 22.6 Å². The number of benzene rings is 3. The minimum atomic E-state index is -1.23. The molecule has 4 aromatic rings. The largest absolute Gasteiger partial charge is 0.612 e. The summed E-state index contributed by atoms with van der Waals surface area (Å²) in [6.07, 6.45) is 2.17. The van der Waals surface area contributed by atoms with Gasteiger partial charge in [-0.25, -0.2) is 0 Å². The van der Waals surface area contributed by atoms with Crippen molar-refractivity contribution in [2.45, 2.75) is 17.9 Å². The topological polar surface area (TPSA) is 109 Å². The number of hydrogen-bond donors (Lipinski definition) is 0. The van der Waals surface area contributed by atoms with Crippen LogP contribution < -0.4 is 0 Å². The lowest BCUT2D eigenvalue weighted by molar-refractivity contribution is -0.385. The predicted octanol–water partition coefficient (Wildman–Crippen LogP) is 3.85. The van der Waals surface area contributed by atoms with Crippen molar-refractivity contribution in [2.24, 2.45) is 4.99 Å². The van der Waals surface area contributed by atoms with E-state index in [9.17, 15) is 14.7 Å². The number of aromatic nitrogens is 3. The summed E-state index contributed by atoms with van der Waals surface area (Å²) >= 11 is -1.23. The van der Waals surface area contributed by atoms with Gasteiger partial charge in [-0.15, -0.1) is 10.2 Å². The van der Waals surface area contributed by atoms with Gasteiger partial charge >= 0.3 is 0 Å². The Balaban J connectivity index is 1.72. The molecule has 9 heteroatoms. The Bertz CT molecular complexity index is 1380. The highest BCUT2D eigenvalue weighted by atomic mass is 32.2. The Morgan fingerprint density at radius 1 is 1.00 bits per heavy atom. The number of aliphatic imine (C=N–C) groups is 1. The number of rotatable bonds is 5. The average Bonchev–Trinajstić information content (AvgIpc) is 3.13. The van der Waals surface area contributed by atoms with E-state index in [4.69, 9.17) is 4.99 Å². The summed E-state index contributed by atoms with van der Waals surface area (Å²) in [4.78, 5) is 16.7. The summed E-state index contributed by atoms with van der Waals surface area (Å²) in [5, 5.41) is 20.5. The van der Waals surface area contributed by atoms with Gasteiger partial charge in [0.05, 0.1) is 21.9 Å². The molecule has 8 nitrogen and oxygen atoms in total. The normalized spacial score (nSPS) is 13.5. The molecule has 33 heavy (non-hydrogen) atoms. The highest BCUT2D eigenvalue weighted by Crippen LogP contribution is 2.31. The minimum Gasteiger partial charge on any atom is -0.612 e. The molecular weight excluding hydrogens is 438 g/mol. The van der Waals surface area contributed by atoms with Gasteiger partial charge in [0.1, 0.15) is 18.6 Å². The molecule has 1 aliphatic rings. The highest BCUT2D eigenvalue weighted by molar-refractivity contribution is 7.90. The summed E-state index contributed by atoms with van der Waals surface area (Å²) in [6.45, 7) is 0.211. The zero-order valence-corrected chi connectivity index (χ0v) is 18.5. The van der Waals surface area contributed by atoms with E-state index in [0.717, 1.165) is 17.1 Å². The fourth-order valence-corrected chi connectivity index (χ4v) is 4.55. The molecule has 0 aliphatic carbocycles. The molecule has 0 spiro atoms. The van der Waals surface area contributed by atoms with E-state index in [0.29, 0.717) is 34.0 Å². The second kappa shape index (κ2) is 8.61. The first-order chi connectivity index (χ1) is 16.0. The molecule has 1 aromatic heterocycles. The van der Waals surface area contributed by atoms with E-state index in [-0.39, 0.29) is 12.2 Å². The van der Waals surface area contributed by atoms with E-state index in [1.54, 1.807) is 36.6 Å². The third-order valence-corrected chi connectivity index (χ3v) is 6.45. The second-order valence-electron chi connectivity index (χ2n) is 7.60. The van der Waals surface area contributed by atoms with Crippen molar-refractivity contribution in [1.29, 1.82) is 0 Å². The zero-order chi connectivity index (χ0) is 22.9. The van der Waals surface area contributed by atoms with E-state index in [1.165, 1.54) is 6.07 Å². The molecule has 1 atom stereocenters. The van der Waals surface area contributed by atoms with Crippen LogP contribution in [-0.2, 0) is 24.1 Å². The molecule has 0 radical (unpaired) electrons. The van der Waals surface area contributed by atoms with Gasteiger partial charge < -0.3 is 4.55 Å². The highest BCUT2D eigenvalue weighted by Gasteiger charge is 2.28. The third-order valence-electron chi connectivity index (χ3n) is 5.53.